The zero-order chi connectivity index (χ0) is 13.1. The van der Waals surface area contributed by atoms with Crippen LogP contribution in [-0.2, 0) is 6.54 Å². The molecule has 0 amide bonds. The third kappa shape index (κ3) is 2.61. The first-order chi connectivity index (χ1) is 9.33. The van der Waals surface area contributed by atoms with Crippen LogP contribution in [0.3, 0.4) is 0 Å². The fourth-order valence-corrected chi connectivity index (χ4v) is 2.38. The van der Waals surface area contributed by atoms with Crippen LogP contribution in [0.15, 0.2) is 58.8 Å². The largest absolute Gasteiger partial charge is 0.268 e. The van der Waals surface area contributed by atoms with Crippen molar-refractivity contribution in [3.8, 4) is 10.7 Å². The molecule has 0 aliphatic heterocycles. The summed E-state index contributed by atoms with van der Waals surface area (Å²) in [5, 5.41) is 7.08. The van der Waals surface area contributed by atoms with Gasteiger partial charge in [0, 0.05) is 17.6 Å². The van der Waals surface area contributed by atoms with Gasteiger partial charge in [-0.05, 0) is 11.6 Å². The second-order valence-corrected chi connectivity index (χ2v) is 4.93. The van der Waals surface area contributed by atoms with E-state index in [2.05, 4.69) is 10.1 Å². The van der Waals surface area contributed by atoms with E-state index in [1.807, 2.05) is 35.7 Å². The Morgan fingerprint density at radius 3 is 2.68 bits per heavy atom. The molecule has 2 aromatic heterocycles. The second-order valence-electron chi connectivity index (χ2n) is 4.04. The molecule has 3 aromatic rings. The van der Waals surface area contributed by atoms with Gasteiger partial charge in [-0.3, -0.25) is 4.79 Å². The third-order valence-corrected chi connectivity index (χ3v) is 3.49. The van der Waals surface area contributed by atoms with Crippen LogP contribution in [-0.4, -0.2) is 14.8 Å². The molecule has 0 saturated carbocycles. The molecule has 0 fully saturated rings. The molecule has 94 valence electrons. The molecule has 5 heteroatoms. The maximum Gasteiger partial charge on any atom is 0.267 e. The monoisotopic (exact) mass is 269 g/mol. The summed E-state index contributed by atoms with van der Waals surface area (Å²) in [6.07, 6.45) is 1.73. The molecule has 19 heavy (non-hydrogen) atoms. The van der Waals surface area contributed by atoms with Crippen LogP contribution in [0, 0.1) is 0 Å². The number of hydrogen-bond acceptors (Lipinski definition) is 4. The third-order valence-electron chi connectivity index (χ3n) is 2.69. The standard InChI is InChI=1S/C14H11N3OS/c18-13-7-6-12(14-15-8-9-19-14)16-17(13)10-11-4-2-1-3-5-11/h1-9H,10H2. The summed E-state index contributed by atoms with van der Waals surface area (Å²) in [5.74, 6) is 0. The van der Waals surface area contributed by atoms with E-state index >= 15 is 0 Å². The molecule has 0 aliphatic carbocycles. The zero-order valence-electron chi connectivity index (χ0n) is 10.1. The summed E-state index contributed by atoms with van der Waals surface area (Å²) in [4.78, 5) is 16.0. The second kappa shape index (κ2) is 5.16. The van der Waals surface area contributed by atoms with Crippen LogP contribution in [0.2, 0.25) is 0 Å². The topological polar surface area (TPSA) is 47.8 Å². The molecule has 0 spiro atoms. The Bertz CT molecular complexity index is 720. The summed E-state index contributed by atoms with van der Waals surface area (Å²) in [6, 6.07) is 13.0. The van der Waals surface area contributed by atoms with Crippen LogP contribution in [0.1, 0.15) is 5.56 Å². The van der Waals surface area contributed by atoms with Crippen LogP contribution < -0.4 is 5.56 Å². The summed E-state index contributed by atoms with van der Waals surface area (Å²) in [6.45, 7) is 0.471. The molecule has 0 radical (unpaired) electrons. The smallest absolute Gasteiger partial charge is 0.267 e. The molecule has 0 unspecified atom stereocenters. The van der Waals surface area contributed by atoms with Crippen molar-refractivity contribution in [1.82, 2.24) is 14.8 Å². The zero-order valence-corrected chi connectivity index (χ0v) is 10.9. The molecule has 0 saturated heterocycles. The SMILES string of the molecule is O=c1ccc(-c2nccs2)nn1Cc1ccccc1. The highest BCUT2D eigenvalue weighted by molar-refractivity contribution is 7.13. The molecule has 0 bridgehead atoms. The van der Waals surface area contributed by atoms with Gasteiger partial charge in [0.15, 0.2) is 0 Å². The normalized spacial score (nSPS) is 10.5. The molecule has 4 nitrogen and oxygen atoms in total. The van der Waals surface area contributed by atoms with Crippen LogP contribution in [0.25, 0.3) is 10.7 Å². The van der Waals surface area contributed by atoms with Gasteiger partial charge in [0.2, 0.25) is 0 Å². The van der Waals surface area contributed by atoms with Gasteiger partial charge in [-0.15, -0.1) is 11.3 Å². The number of rotatable bonds is 3. The minimum absolute atomic E-state index is 0.107. The van der Waals surface area contributed by atoms with E-state index in [-0.39, 0.29) is 5.56 Å². The first-order valence-electron chi connectivity index (χ1n) is 5.85. The van der Waals surface area contributed by atoms with Gasteiger partial charge in [0.05, 0.1) is 6.54 Å². The average molecular weight is 269 g/mol. The Morgan fingerprint density at radius 2 is 1.95 bits per heavy atom. The van der Waals surface area contributed by atoms with Crippen molar-refractivity contribution in [2.75, 3.05) is 0 Å². The Balaban J connectivity index is 1.97. The van der Waals surface area contributed by atoms with Gasteiger partial charge in [-0.2, -0.15) is 5.10 Å². The summed E-state index contributed by atoms with van der Waals surface area (Å²) >= 11 is 1.51. The van der Waals surface area contributed by atoms with Crippen molar-refractivity contribution in [2.45, 2.75) is 6.54 Å². The minimum Gasteiger partial charge on any atom is -0.268 e. The van der Waals surface area contributed by atoms with Gasteiger partial charge in [-0.1, -0.05) is 30.3 Å². The van der Waals surface area contributed by atoms with Crippen molar-refractivity contribution < 1.29 is 0 Å². The van der Waals surface area contributed by atoms with Gasteiger partial charge >= 0.3 is 0 Å². The molecular formula is C14H11N3OS. The van der Waals surface area contributed by atoms with Gasteiger partial charge in [-0.25, -0.2) is 9.67 Å². The minimum atomic E-state index is -0.107. The van der Waals surface area contributed by atoms with E-state index in [1.165, 1.54) is 22.1 Å². The van der Waals surface area contributed by atoms with Crippen molar-refractivity contribution in [3.05, 3.63) is 70.0 Å². The lowest BCUT2D eigenvalue weighted by Crippen LogP contribution is -2.22. The predicted octanol–water partition coefficient (Wildman–Crippen LogP) is 2.42. The Hall–Kier alpha value is -2.27. The quantitative estimate of drug-likeness (QED) is 0.733. The summed E-state index contributed by atoms with van der Waals surface area (Å²) in [5.41, 5.74) is 1.67. The van der Waals surface area contributed by atoms with Crippen molar-refractivity contribution >= 4 is 11.3 Å². The first kappa shape index (κ1) is 11.8. The van der Waals surface area contributed by atoms with E-state index < -0.39 is 0 Å². The molecule has 3 rings (SSSR count). The van der Waals surface area contributed by atoms with Crippen LogP contribution in [0.5, 0.6) is 0 Å². The fourth-order valence-electron chi connectivity index (χ4n) is 1.78. The van der Waals surface area contributed by atoms with E-state index in [4.69, 9.17) is 0 Å². The molecule has 0 atom stereocenters. The maximum absolute atomic E-state index is 11.8. The van der Waals surface area contributed by atoms with Crippen LogP contribution in [0.4, 0.5) is 0 Å². The molecule has 0 aliphatic rings. The number of hydrogen-bond donors (Lipinski definition) is 0. The maximum atomic E-state index is 11.8. The Morgan fingerprint density at radius 1 is 1.11 bits per heavy atom. The first-order valence-corrected chi connectivity index (χ1v) is 6.73. The van der Waals surface area contributed by atoms with Gasteiger partial charge in [0.1, 0.15) is 10.7 Å². The molecule has 0 N–H and O–H groups in total. The van der Waals surface area contributed by atoms with E-state index in [0.29, 0.717) is 6.54 Å². The van der Waals surface area contributed by atoms with Crippen molar-refractivity contribution in [2.24, 2.45) is 0 Å². The van der Waals surface area contributed by atoms with Crippen LogP contribution >= 0.6 is 11.3 Å². The highest BCUT2D eigenvalue weighted by Gasteiger charge is 2.05. The lowest BCUT2D eigenvalue weighted by atomic mass is 10.2. The molecule has 1 aromatic carbocycles. The average Bonchev–Trinajstić information content (AvgIpc) is 2.96. The molecule has 2 heterocycles. The number of nitrogens with zero attached hydrogens (tertiary/aromatic N) is 3. The lowest BCUT2D eigenvalue weighted by molar-refractivity contribution is 0.642. The Kier molecular flexibility index (Phi) is 3.20. The van der Waals surface area contributed by atoms with Gasteiger partial charge < -0.3 is 0 Å². The summed E-state index contributed by atoms with van der Waals surface area (Å²) < 4.78 is 1.46. The summed E-state index contributed by atoms with van der Waals surface area (Å²) in [7, 11) is 0. The molecular weight excluding hydrogens is 258 g/mol. The van der Waals surface area contributed by atoms with E-state index in [9.17, 15) is 4.79 Å². The highest BCUT2D eigenvalue weighted by Crippen LogP contribution is 2.17. The fraction of sp³-hybridized carbons (Fsp3) is 0.0714. The number of thiazole rings is 1. The number of aromatic nitrogens is 3. The highest BCUT2D eigenvalue weighted by atomic mass is 32.1. The van der Waals surface area contributed by atoms with Gasteiger partial charge in [0.25, 0.3) is 5.56 Å². The van der Waals surface area contributed by atoms with Crippen molar-refractivity contribution in [1.29, 1.82) is 0 Å². The Labute approximate surface area is 114 Å². The van der Waals surface area contributed by atoms with Crippen molar-refractivity contribution in [3.63, 3.8) is 0 Å². The lowest BCUT2D eigenvalue weighted by Gasteiger charge is -2.05. The van der Waals surface area contributed by atoms with E-state index in [1.54, 1.807) is 12.3 Å². The predicted molar refractivity (Wildman–Crippen MR) is 75.1 cm³/mol. The number of benzene rings is 1. The van der Waals surface area contributed by atoms with E-state index in [0.717, 1.165) is 16.3 Å².